The molecule has 310 valence electrons. The molecule has 0 atom stereocenters. The Bertz CT molecular complexity index is 3670. The summed E-state index contributed by atoms with van der Waals surface area (Å²) in [6, 6.07) is 77.4. The fraction of sp³-hybridized carbons (Fsp3) is 0. The van der Waals surface area contributed by atoms with Crippen molar-refractivity contribution in [3.63, 3.8) is 0 Å². The summed E-state index contributed by atoms with van der Waals surface area (Å²) in [4.78, 5) is 0. The minimum absolute atomic E-state index is 0.271. The summed E-state index contributed by atoms with van der Waals surface area (Å²) in [6.45, 7) is 0. The summed E-state index contributed by atoms with van der Waals surface area (Å²) < 4.78 is 35.0. The van der Waals surface area contributed by atoms with E-state index in [2.05, 4.69) is 137 Å². The first kappa shape index (κ1) is 38.8. The molecule has 0 saturated heterocycles. The van der Waals surface area contributed by atoms with Crippen molar-refractivity contribution < 1.29 is 8.78 Å². The number of hydrogen-bond acceptors (Lipinski definition) is 1. The van der Waals surface area contributed by atoms with Crippen molar-refractivity contribution in [2.24, 2.45) is 0 Å². The van der Waals surface area contributed by atoms with Crippen LogP contribution in [-0.4, -0.2) is 9.13 Å². The van der Waals surface area contributed by atoms with Crippen LogP contribution in [0, 0.1) is 23.0 Å². The van der Waals surface area contributed by atoms with Gasteiger partial charge in [-0.1, -0.05) is 170 Å². The molecule has 0 bridgehead atoms. The van der Waals surface area contributed by atoms with Gasteiger partial charge in [0.2, 0.25) is 0 Å². The molecule has 0 aliphatic rings. The largest absolute Gasteiger partial charge is 0.307 e. The average molecular weight is 850 g/mol. The lowest BCUT2D eigenvalue weighted by atomic mass is 9.97. The van der Waals surface area contributed by atoms with Crippen molar-refractivity contribution >= 4 is 43.6 Å². The molecule has 0 N–H and O–H groups in total. The normalized spacial score (nSPS) is 11.5. The lowest BCUT2D eigenvalue weighted by Gasteiger charge is -2.20. The van der Waals surface area contributed by atoms with Gasteiger partial charge in [-0.15, -0.1) is 0 Å². The maximum Gasteiger partial charge on any atom is 0.126 e. The third-order valence-electron chi connectivity index (χ3n) is 12.9. The van der Waals surface area contributed by atoms with Crippen molar-refractivity contribution in [2.75, 3.05) is 0 Å². The summed E-state index contributed by atoms with van der Waals surface area (Å²) in [5.41, 5.74) is 14.7. The van der Waals surface area contributed by atoms with Gasteiger partial charge >= 0.3 is 0 Å². The number of aromatic nitrogens is 2. The third-order valence-corrected chi connectivity index (χ3v) is 12.9. The molecule has 0 saturated carbocycles. The Morgan fingerprint density at radius 1 is 0.303 bits per heavy atom. The molecule has 66 heavy (non-hydrogen) atoms. The predicted octanol–water partition coefficient (Wildman–Crippen LogP) is 16.4. The van der Waals surface area contributed by atoms with Gasteiger partial charge < -0.3 is 9.13 Å². The van der Waals surface area contributed by atoms with E-state index < -0.39 is 11.6 Å². The van der Waals surface area contributed by atoms with Crippen LogP contribution < -0.4 is 0 Å². The fourth-order valence-electron chi connectivity index (χ4n) is 9.77. The van der Waals surface area contributed by atoms with Crippen LogP contribution >= 0.6 is 0 Å². The predicted molar refractivity (Wildman–Crippen MR) is 267 cm³/mol. The highest BCUT2D eigenvalue weighted by Gasteiger charge is 2.24. The Labute approximate surface area is 379 Å². The van der Waals surface area contributed by atoms with Crippen LogP contribution in [0.1, 0.15) is 5.56 Å². The highest BCUT2D eigenvalue weighted by molar-refractivity contribution is 6.14. The zero-order valence-corrected chi connectivity index (χ0v) is 35.5. The zero-order valence-electron chi connectivity index (χ0n) is 35.5. The van der Waals surface area contributed by atoms with Crippen molar-refractivity contribution in [3.8, 4) is 73.1 Å². The first-order chi connectivity index (χ1) is 32.5. The Kier molecular flexibility index (Phi) is 9.25. The van der Waals surface area contributed by atoms with Crippen LogP contribution in [-0.2, 0) is 0 Å². The molecule has 0 radical (unpaired) electrons. The van der Waals surface area contributed by atoms with Crippen molar-refractivity contribution in [1.82, 2.24) is 9.13 Å². The molecule has 2 aromatic heterocycles. The van der Waals surface area contributed by atoms with Gasteiger partial charge in [0.1, 0.15) is 11.6 Å². The van der Waals surface area contributed by atoms with E-state index in [0.29, 0.717) is 5.56 Å². The Hall–Kier alpha value is -8.85. The number of nitrogens with zero attached hydrogens (tertiary/aromatic N) is 3. The average Bonchev–Trinajstić information content (AvgIpc) is 3.87. The molecular formula is C61H37F2N3. The van der Waals surface area contributed by atoms with Crippen LogP contribution in [0.5, 0.6) is 0 Å². The summed E-state index contributed by atoms with van der Waals surface area (Å²) in [7, 11) is 0. The molecule has 0 amide bonds. The third kappa shape index (κ3) is 6.55. The van der Waals surface area contributed by atoms with E-state index in [-0.39, 0.29) is 11.1 Å². The fourth-order valence-corrected chi connectivity index (χ4v) is 9.77. The van der Waals surface area contributed by atoms with Crippen molar-refractivity contribution in [1.29, 1.82) is 5.26 Å². The van der Waals surface area contributed by atoms with Gasteiger partial charge in [0.25, 0.3) is 0 Å². The molecule has 0 aliphatic carbocycles. The smallest absolute Gasteiger partial charge is 0.126 e. The standard InChI is InChI=1S/C61H37F2N3/c62-49-29-47(30-50(63)36-49)55-37-61(66-58-33-45(41-17-9-3-10-18-41)23-27-53(58)54-28-24-46(34-59(54)66)42-19-11-4-12-20-42)60(35-48(55)38-64)65-56-31-43(39-13-5-1-6-14-39)21-25-51(56)52-26-22-44(32-57(52)65)40-15-7-2-8-16-40/h1-37H. The molecule has 0 unspecified atom stereocenters. The number of benzene rings is 10. The number of nitriles is 1. The maximum absolute atomic E-state index is 15.2. The SMILES string of the molecule is N#Cc1cc(-n2c3cc(-c4ccccc4)ccc3c3ccc(-c4ccccc4)cc32)c(-n2c3cc(-c4ccccc4)ccc3c3ccc(-c4ccccc4)cc32)cc1-c1cc(F)cc(F)c1. The number of hydrogen-bond donors (Lipinski definition) is 0. The van der Waals surface area contributed by atoms with E-state index in [0.717, 1.165) is 106 Å². The van der Waals surface area contributed by atoms with Gasteiger partial charge in [-0.05, 0) is 98.6 Å². The quantitative estimate of drug-likeness (QED) is 0.157. The second-order valence-corrected chi connectivity index (χ2v) is 16.7. The van der Waals surface area contributed by atoms with Gasteiger partial charge in [-0.25, -0.2) is 8.78 Å². The minimum Gasteiger partial charge on any atom is -0.307 e. The highest BCUT2D eigenvalue weighted by Crippen LogP contribution is 2.44. The first-order valence-electron chi connectivity index (χ1n) is 21.9. The maximum atomic E-state index is 15.2. The van der Waals surface area contributed by atoms with E-state index >= 15 is 8.78 Å². The minimum atomic E-state index is -0.722. The second kappa shape index (κ2) is 15.7. The van der Waals surface area contributed by atoms with Crippen LogP contribution in [0.25, 0.3) is 111 Å². The van der Waals surface area contributed by atoms with Gasteiger partial charge in [0, 0.05) is 33.2 Å². The summed E-state index contributed by atoms with van der Waals surface area (Å²) in [5, 5.41) is 15.3. The molecule has 5 heteroatoms. The molecule has 0 spiro atoms. The summed E-state index contributed by atoms with van der Waals surface area (Å²) in [5.74, 6) is -1.44. The number of fused-ring (bicyclic) bond motifs is 6. The molecule has 3 nitrogen and oxygen atoms in total. The lowest BCUT2D eigenvalue weighted by molar-refractivity contribution is 0.584. The molecule has 12 aromatic rings. The van der Waals surface area contributed by atoms with E-state index in [1.807, 2.05) is 84.9 Å². The van der Waals surface area contributed by atoms with E-state index in [4.69, 9.17) is 0 Å². The van der Waals surface area contributed by atoms with Gasteiger partial charge in [0.05, 0.1) is 45.1 Å². The molecular weight excluding hydrogens is 813 g/mol. The van der Waals surface area contributed by atoms with Crippen molar-refractivity contribution in [2.45, 2.75) is 0 Å². The lowest BCUT2D eigenvalue weighted by Crippen LogP contribution is -2.06. The monoisotopic (exact) mass is 849 g/mol. The topological polar surface area (TPSA) is 33.6 Å². The van der Waals surface area contributed by atoms with E-state index in [9.17, 15) is 5.26 Å². The number of halogens is 2. The molecule has 10 aromatic carbocycles. The van der Waals surface area contributed by atoms with Gasteiger partial charge in [-0.3, -0.25) is 0 Å². The van der Waals surface area contributed by atoms with Gasteiger partial charge in [-0.2, -0.15) is 5.26 Å². The van der Waals surface area contributed by atoms with E-state index in [1.165, 1.54) is 12.1 Å². The van der Waals surface area contributed by atoms with Crippen LogP contribution in [0.2, 0.25) is 0 Å². The van der Waals surface area contributed by atoms with Crippen LogP contribution in [0.3, 0.4) is 0 Å². The molecule has 0 aliphatic heterocycles. The summed E-state index contributed by atoms with van der Waals surface area (Å²) in [6.07, 6.45) is 0. The Morgan fingerprint density at radius 2 is 0.621 bits per heavy atom. The zero-order chi connectivity index (χ0) is 44.3. The summed E-state index contributed by atoms with van der Waals surface area (Å²) >= 11 is 0. The van der Waals surface area contributed by atoms with Crippen molar-refractivity contribution in [3.05, 3.63) is 242 Å². The second-order valence-electron chi connectivity index (χ2n) is 16.7. The first-order valence-corrected chi connectivity index (χ1v) is 21.9. The highest BCUT2D eigenvalue weighted by atomic mass is 19.1. The van der Waals surface area contributed by atoms with Crippen LogP contribution in [0.4, 0.5) is 8.78 Å². The Morgan fingerprint density at radius 3 is 0.939 bits per heavy atom. The van der Waals surface area contributed by atoms with Crippen LogP contribution in [0.15, 0.2) is 224 Å². The molecule has 12 rings (SSSR count). The number of rotatable bonds is 7. The van der Waals surface area contributed by atoms with Gasteiger partial charge in [0.15, 0.2) is 0 Å². The molecule has 2 heterocycles. The molecule has 0 fully saturated rings. The Balaban J connectivity index is 1.26. The van der Waals surface area contributed by atoms with E-state index in [1.54, 1.807) is 0 Å².